The highest BCUT2D eigenvalue weighted by Gasteiger charge is 2.18. The molecule has 3 rings (SSSR count). The van der Waals surface area contributed by atoms with E-state index in [0.717, 1.165) is 37.7 Å². The molecule has 0 bridgehead atoms. The van der Waals surface area contributed by atoms with Gasteiger partial charge in [0.2, 0.25) is 0 Å². The summed E-state index contributed by atoms with van der Waals surface area (Å²) in [5.74, 6) is 1.58. The normalized spacial score (nSPS) is 15.1. The zero-order valence-electron chi connectivity index (χ0n) is 16.0. The van der Waals surface area contributed by atoms with Gasteiger partial charge in [0.1, 0.15) is 0 Å². The summed E-state index contributed by atoms with van der Waals surface area (Å²) < 4.78 is 10.8. The zero-order valence-corrected chi connectivity index (χ0v) is 16.0. The van der Waals surface area contributed by atoms with E-state index in [4.69, 9.17) is 9.47 Å². The van der Waals surface area contributed by atoms with E-state index in [9.17, 15) is 0 Å². The van der Waals surface area contributed by atoms with Crippen molar-refractivity contribution in [1.29, 1.82) is 0 Å². The van der Waals surface area contributed by atoms with Crippen LogP contribution in [-0.4, -0.2) is 51.8 Å². The van der Waals surface area contributed by atoms with Crippen LogP contribution in [0.15, 0.2) is 48.5 Å². The molecule has 0 unspecified atom stereocenters. The van der Waals surface area contributed by atoms with E-state index in [0.29, 0.717) is 0 Å². The number of aryl methyl sites for hydroxylation is 1. The molecule has 0 saturated carbocycles. The molecule has 2 aromatic carbocycles. The molecule has 1 saturated heterocycles. The van der Waals surface area contributed by atoms with E-state index in [1.165, 1.54) is 37.1 Å². The van der Waals surface area contributed by atoms with E-state index in [1.807, 2.05) is 6.07 Å². The number of hydrogen-bond donors (Lipinski definition) is 0. The largest absolute Gasteiger partial charge is 0.493 e. The Morgan fingerprint density at radius 3 is 2.23 bits per heavy atom. The van der Waals surface area contributed by atoms with Gasteiger partial charge in [0.25, 0.3) is 0 Å². The lowest BCUT2D eigenvalue weighted by Crippen LogP contribution is -2.46. The van der Waals surface area contributed by atoms with Crippen LogP contribution in [-0.2, 0) is 6.42 Å². The van der Waals surface area contributed by atoms with Gasteiger partial charge >= 0.3 is 0 Å². The third-order valence-electron chi connectivity index (χ3n) is 5.14. The van der Waals surface area contributed by atoms with Crippen molar-refractivity contribution in [1.82, 2.24) is 4.90 Å². The molecule has 1 heterocycles. The van der Waals surface area contributed by atoms with E-state index < -0.39 is 0 Å². The van der Waals surface area contributed by atoms with E-state index in [2.05, 4.69) is 52.3 Å². The van der Waals surface area contributed by atoms with Crippen molar-refractivity contribution in [3.63, 3.8) is 0 Å². The summed E-state index contributed by atoms with van der Waals surface area (Å²) >= 11 is 0. The Hall–Kier alpha value is -2.20. The minimum atomic E-state index is 0.785. The molecular formula is C22H30N2O2. The summed E-state index contributed by atoms with van der Waals surface area (Å²) in [4.78, 5) is 5.02. The monoisotopic (exact) mass is 354 g/mol. The van der Waals surface area contributed by atoms with Crippen LogP contribution in [0.1, 0.15) is 18.4 Å². The predicted octanol–water partition coefficient (Wildman–Crippen LogP) is 3.85. The molecule has 2 aromatic rings. The Balaban J connectivity index is 1.41. The Kier molecular flexibility index (Phi) is 6.78. The van der Waals surface area contributed by atoms with E-state index >= 15 is 0 Å². The lowest BCUT2D eigenvalue weighted by atomic mass is 10.1. The maximum absolute atomic E-state index is 5.43. The average molecular weight is 354 g/mol. The van der Waals surface area contributed by atoms with Crippen molar-refractivity contribution in [2.24, 2.45) is 0 Å². The second-order valence-electron chi connectivity index (χ2n) is 6.81. The lowest BCUT2D eigenvalue weighted by molar-refractivity contribution is 0.253. The van der Waals surface area contributed by atoms with E-state index in [-0.39, 0.29) is 0 Å². The predicted molar refractivity (Wildman–Crippen MR) is 108 cm³/mol. The van der Waals surface area contributed by atoms with Crippen LogP contribution in [0.4, 0.5) is 5.69 Å². The van der Waals surface area contributed by atoms with Gasteiger partial charge in [0.05, 0.1) is 14.2 Å². The van der Waals surface area contributed by atoms with Gasteiger partial charge in [-0.25, -0.2) is 0 Å². The van der Waals surface area contributed by atoms with Crippen LogP contribution in [0.25, 0.3) is 0 Å². The molecule has 140 valence electrons. The van der Waals surface area contributed by atoms with Crippen molar-refractivity contribution in [3.05, 3.63) is 54.1 Å². The summed E-state index contributed by atoms with van der Waals surface area (Å²) in [6.07, 6.45) is 3.72. The first-order valence-corrected chi connectivity index (χ1v) is 9.53. The highest BCUT2D eigenvalue weighted by molar-refractivity contribution is 5.56. The van der Waals surface area contributed by atoms with Crippen molar-refractivity contribution in [3.8, 4) is 11.5 Å². The summed E-state index contributed by atoms with van der Waals surface area (Å²) in [6.45, 7) is 5.58. The highest BCUT2D eigenvalue weighted by atomic mass is 16.5. The Labute approximate surface area is 157 Å². The van der Waals surface area contributed by atoms with Gasteiger partial charge < -0.3 is 14.4 Å². The smallest absolute Gasteiger partial charge is 0.162 e. The van der Waals surface area contributed by atoms with Crippen molar-refractivity contribution in [2.45, 2.75) is 19.3 Å². The fourth-order valence-corrected chi connectivity index (χ4v) is 3.56. The fraction of sp³-hybridized carbons (Fsp3) is 0.455. The minimum absolute atomic E-state index is 0.785. The first kappa shape index (κ1) is 18.6. The number of anilines is 1. The van der Waals surface area contributed by atoms with Gasteiger partial charge in [-0.2, -0.15) is 0 Å². The third kappa shape index (κ3) is 4.92. The first-order chi connectivity index (χ1) is 12.8. The first-order valence-electron chi connectivity index (χ1n) is 9.53. The van der Waals surface area contributed by atoms with Crippen LogP contribution in [0.2, 0.25) is 0 Å². The summed E-state index contributed by atoms with van der Waals surface area (Å²) in [5, 5.41) is 0. The molecule has 0 amide bonds. The molecule has 1 aliphatic heterocycles. The number of methoxy groups -OCH3 is 2. The summed E-state index contributed by atoms with van der Waals surface area (Å²) in [7, 11) is 3.36. The van der Waals surface area contributed by atoms with Gasteiger partial charge in [-0.15, -0.1) is 0 Å². The van der Waals surface area contributed by atoms with Gasteiger partial charge in [-0.05, 0) is 43.5 Å². The van der Waals surface area contributed by atoms with Crippen molar-refractivity contribution in [2.75, 3.05) is 51.8 Å². The van der Waals surface area contributed by atoms with E-state index in [1.54, 1.807) is 14.2 Å². The molecule has 0 atom stereocenters. The lowest BCUT2D eigenvalue weighted by Gasteiger charge is -2.36. The summed E-state index contributed by atoms with van der Waals surface area (Å²) in [5.41, 5.74) is 2.66. The number of piperazine rings is 1. The Bertz CT molecular complexity index is 667. The Morgan fingerprint density at radius 2 is 1.54 bits per heavy atom. The van der Waals surface area contributed by atoms with Crippen LogP contribution >= 0.6 is 0 Å². The maximum Gasteiger partial charge on any atom is 0.162 e. The van der Waals surface area contributed by atoms with Gasteiger partial charge in [0, 0.05) is 37.9 Å². The number of rotatable bonds is 8. The van der Waals surface area contributed by atoms with Crippen LogP contribution in [0.3, 0.4) is 0 Å². The fourth-order valence-electron chi connectivity index (χ4n) is 3.56. The third-order valence-corrected chi connectivity index (χ3v) is 5.14. The molecule has 4 nitrogen and oxygen atoms in total. The average Bonchev–Trinajstić information content (AvgIpc) is 2.72. The second-order valence-corrected chi connectivity index (χ2v) is 6.81. The molecule has 0 N–H and O–H groups in total. The van der Waals surface area contributed by atoms with Crippen molar-refractivity contribution >= 4 is 5.69 Å². The van der Waals surface area contributed by atoms with Gasteiger partial charge in [0.15, 0.2) is 11.5 Å². The molecule has 0 aliphatic carbocycles. The maximum atomic E-state index is 5.43. The molecular weight excluding hydrogens is 324 g/mol. The van der Waals surface area contributed by atoms with Crippen LogP contribution < -0.4 is 14.4 Å². The SMILES string of the molecule is COc1ccc(N2CCN(CCCCc3ccccc3)CC2)cc1OC. The van der Waals surface area contributed by atoms with Gasteiger partial charge in [-0.3, -0.25) is 4.90 Å². The molecule has 26 heavy (non-hydrogen) atoms. The summed E-state index contributed by atoms with van der Waals surface area (Å²) in [6, 6.07) is 17.0. The number of hydrogen-bond acceptors (Lipinski definition) is 4. The number of ether oxygens (including phenoxy) is 2. The molecule has 0 aromatic heterocycles. The molecule has 1 fully saturated rings. The Morgan fingerprint density at radius 1 is 0.808 bits per heavy atom. The standard InChI is InChI=1S/C22H30N2O2/c1-25-21-12-11-20(18-22(21)26-2)24-16-14-23(15-17-24)13-7-6-10-19-8-4-3-5-9-19/h3-5,8-9,11-12,18H,6-7,10,13-17H2,1-2H3. The quantitative estimate of drug-likeness (QED) is 0.672. The number of unbranched alkanes of at least 4 members (excludes halogenated alkanes) is 1. The molecule has 0 spiro atoms. The van der Waals surface area contributed by atoms with Crippen LogP contribution in [0, 0.1) is 0 Å². The zero-order chi connectivity index (χ0) is 18.2. The minimum Gasteiger partial charge on any atom is -0.493 e. The molecule has 1 aliphatic rings. The second kappa shape index (κ2) is 9.48. The van der Waals surface area contributed by atoms with Gasteiger partial charge in [-0.1, -0.05) is 30.3 Å². The molecule has 4 heteroatoms. The van der Waals surface area contributed by atoms with Crippen LogP contribution in [0.5, 0.6) is 11.5 Å². The molecule has 0 radical (unpaired) electrons. The van der Waals surface area contributed by atoms with Crippen molar-refractivity contribution < 1.29 is 9.47 Å². The highest BCUT2D eigenvalue weighted by Crippen LogP contribution is 2.31. The number of nitrogens with zero attached hydrogens (tertiary/aromatic N) is 2. The topological polar surface area (TPSA) is 24.9 Å². The number of benzene rings is 2.